The van der Waals surface area contributed by atoms with Gasteiger partial charge >= 0.3 is 12.1 Å². The number of carbonyl (C=O) groups is 1. The molecule has 0 saturated heterocycles. The Bertz CT molecular complexity index is 1460. The first-order chi connectivity index (χ1) is 19.0. The summed E-state index contributed by atoms with van der Waals surface area (Å²) in [5.74, 6) is -3.62. The molecule has 41 heavy (non-hydrogen) atoms. The summed E-state index contributed by atoms with van der Waals surface area (Å²) in [4.78, 5) is 14.1. The molecule has 0 saturated carbocycles. The number of hydrogen-bond acceptors (Lipinski definition) is 8. The third-order valence-corrected chi connectivity index (χ3v) is 7.79. The highest BCUT2D eigenvalue weighted by Gasteiger charge is 2.38. The number of anilines is 2. The van der Waals surface area contributed by atoms with Gasteiger partial charge in [-0.3, -0.25) is 9.62 Å². The number of rotatable bonds is 10. The number of aromatic nitrogens is 1. The smallest absolute Gasteiger partial charge is 0.490 e. The van der Waals surface area contributed by atoms with Gasteiger partial charge in [0.25, 0.3) is 10.0 Å². The normalized spacial score (nSPS) is 11.7. The molecule has 3 aromatic rings. The van der Waals surface area contributed by atoms with E-state index >= 15 is 0 Å². The van der Waals surface area contributed by atoms with Crippen LogP contribution in [0, 0.1) is 11.6 Å². The topological polar surface area (TPSA) is 121 Å². The molecule has 0 radical (unpaired) electrons. The minimum Gasteiger partial charge on any atom is -0.496 e. The number of alkyl halides is 3. The molecule has 1 heterocycles. The van der Waals surface area contributed by atoms with Gasteiger partial charge in [-0.15, -0.1) is 11.3 Å². The molecule has 0 aliphatic heterocycles. The molecule has 1 aromatic heterocycles. The lowest BCUT2D eigenvalue weighted by molar-refractivity contribution is -0.192. The van der Waals surface area contributed by atoms with Crippen molar-refractivity contribution >= 4 is 50.4 Å². The molecule has 9 nitrogen and oxygen atoms in total. The first-order valence-corrected chi connectivity index (χ1v) is 14.3. The van der Waals surface area contributed by atoms with E-state index in [4.69, 9.17) is 26.2 Å². The van der Waals surface area contributed by atoms with Crippen molar-refractivity contribution in [3.8, 4) is 5.75 Å². The van der Waals surface area contributed by atoms with Gasteiger partial charge in [0.15, 0.2) is 5.82 Å². The molecule has 17 heteroatoms. The Morgan fingerprint density at radius 1 is 1.20 bits per heavy atom. The Morgan fingerprint density at radius 2 is 1.83 bits per heavy atom. The van der Waals surface area contributed by atoms with Crippen molar-refractivity contribution in [1.29, 1.82) is 0 Å². The number of hydrogen-bond donors (Lipinski definition) is 3. The first kappa shape index (κ1) is 34.0. The Kier molecular flexibility index (Phi) is 11.7. The van der Waals surface area contributed by atoms with Crippen LogP contribution in [-0.2, 0) is 27.9 Å². The fourth-order valence-corrected chi connectivity index (χ4v) is 5.08. The Morgan fingerprint density at radius 3 is 2.34 bits per heavy atom. The predicted octanol–water partition coefficient (Wildman–Crippen LogP) is 5.97. The SMILES string of the molecule is COc1ccc(F)c(CNc2cc(F)c(S(=O)(=O)Nc3cscn3)cc2Cl)c1CN(C)C(C)C.O=C(O)C(F)(F)F. The maximum atomic E-state index is 14.8. The summed E-state index contributed by atoms with van der Waals surface area (Å²) in [7, 11) is -0.817. The van der Waals surface area contributed by atoms with E-state index in [1.54, 1.807) is 6.07 Å². The second-order valence-electron chi connectivity index (χ2n) is 8.61. The molecule has 0 bridgehead atoms. The number of thiazole rings is 1. The van der Waals surface area contributed by atoms with Gasteiger partial charge in [0.2, 0.25) is 0 Å². The van der Waals surface area contributed by atoms with Crippen LogP contribution in [0.4, 0.5) is 33.5 Å². The largest absolute Gasteiger partial charge is 0.496 e. The zero-order valence-corrected chi connectivity index (χ0v) is 24.4. The van der Waals surface area contributed by atoms with E-state index in [9.17, 15) is 30.4 Å². The zero-order valence-electron chi connectivity index (χ0n) is 22.0. The second-order valence-corrected chi connectivity index (χ2v) is 11.4. The van der Waals surface area contributed by atoms with E-state index < -0.39 is 38.7 Å². The first-order valence-electron chi connectivity index (χ1n) is 11.5. The third-order valence-electron chi connectivity index (χ3n) is 5.52. The molecule has 3 rings (SSSR count). The number of methoxy groups -OCH3 is 1. The fourth-order valence-electron chi connectivity index (χ4n) is 3.14. The Balaban J connectivity index is 0.000000745. The van der Waals surface area contributed by atoms with E-state index in [0.717, 1.165) is 12.1 Å². The highest BCUT2D eigenvalue weighted by molar-refractivity contribution is 7.92. The minimum absolute atomic E-state index is 0.0212. The van der Waals surface area contributed by atoms with Gasteiger partial charge in [-0.25, -0.2) is 27.0 Å². The Labute approximate surface area is 242 Å². The summed E-state index contributed by atoms with van der Waals surface area (Å²) in [5, 5.41) is 11.5. The lowest BCUT2D eigenvalue weighted by Crippen LogP contribution is -2.27. The maximum Gasteiger partial charge on any atom is 0.490 e. The highest BCUT2D eigenvalue weighted by atomic mass is 35.5. The van der Waals surface area contributed by atoms with Crippen molar-refractivity contribution in [1.82, 2.24) is 9.88 Å². The molecule has 2 aromatic carbocycles. The van der Waals surface area contributed by atoms with Crippen molar-refractivity contribution in [2.45, 2.75) is 44.1 Å². The summed E-state index contributed by atoms with van der Waals surface area (Å²) < 4.78 is 94.0. The molecule has 0 unspecified atom stereocenters. The summed E-state index contributed by atoms with van der Waals surface area (Å²) in [6.45, 7) is 4.44. The van der Waals surface area contributed by atoms with Crippen LogP contribution >= 0.6 is 22.9 Å². The molecule has 0 spiro atoms. The molecule has 0 atom stereocenters. The highest BCUT2D eigenvalue weighted by Crippen LogP contribution is 2.32. The van der Waals surface area contributed by atoms with Gasteiger partial charge in [-0.2, -0.15) is 13.2 Å². The minimum atomic E-state index is -5.08. The molecular formula is C24H26ClF5N4O5S2. The van der Waals surface area contributed by atoms with Crippen LogP contribution in [0.25, 0.3) is 0 Å². The maximum absolute atomic E-state index is 14.8. The summed E-state index contributed by atoms with van der Waals surface area (Å²) in [6, 6.07) is 5.05. The van der Waals surface area contributed by atoms with Crippen molar-refractivity contribution < 1.29 is 45.0 Å². The molecule has 0 fully saturated rings. The van der Waals surface area contributed by atoms with Gasteiger partial charge in [-0.05, 0) is 45.2 Å². The standard InChI is InChI=1S/C22H25ClF2N4O3S2.C2HF3O2/c1-13(2)29(3)10-15-14(17(24)5-6-20(15)32-4)9-26-19-8-18(25)21(7-16(19)23)34(30,31)28-22-11-33-12-27-22;3-2(4,5)1(6)7/h5-8,11-13,26,28H,9-10H2,1-4H3;(H,6,7). The van der Waals surface area contributed by atoms with Crippen LogP contribution in [0.15, 0.2) is 40.1 Å². The average Bonchev–Trinajstić information content (AvgIpc) is 3.37. The number of benzene rings is 2. The van der Waals surface area contributed by atoms with Gasteiger partial charge in [0.05, 0.1) is 23.3 Å². The lowest BCUT2D eigenvalue weighted by Gasteiger charge is -2.24. The van der Waals surface area contributed by atoms with Crippen molar-refractivity contribution in [3.63, 3.8) is 0 Å². The molecule has 3 N–H and O–H groups in total. The van der Waals surface area contributed by atoms with Crippen molar-refractivity contribution in [3.05, 3.63) is 62.9 Å². The molecular weight excluding hydrogens is 619 g/mol. The lowest BCUT2D eigenvalue weighted by atomic mass is 10.0. The van der Waals surface area contributed by atoms with Crippen LogP contribution in [0.1, 0.15) is 25.0 Å². The third kappa shape index (κ3) is 9.41. The number of nitrogens with zero attached hydrogens (tertiary/aromatic N) is 2. The van der Waals surface area contributed by atoms with Crippen LogP contribution in [0.3, 0.4) is 0 Å². The van der Waals surface area contributed by atoms with Gasteiger partial charge in [-0.1, -0.05) is 11.6 Å². The van der Waals surface area contributed by atoms with E-state index in [2.05, 4.69) is 15.0 Å². The van der Waals surface area contributed by atoms with E-state index in [1.165, 1.54) is 35.4 Å². The molecule has 226 valence electrons. The van der Waals surface area contributed by atoms with Gasteiger partial charge < -0.3 is 15.2 Å². The fraction of sp³-hybridized carbons (Fsp3) is 0.333. The number of aliphatic carboxylic acids is 1. The van der Waals surface area contributed by atoms with Crippen LogP contribution in [0.5, 0.6) is 5.75 Å². The van der Waals surface area contributed by atoms with E-state index in [-0.39, 0.29) is 29.1 Å². The number of nitrogens with one attached hydrogen (secondary N) is 2. The van der Waals surface area contributed by atoms with E-state index in [0.29, 0.717) is 23.4 Å². The predicted molar refractivity (Wildman–Crippen MR) is 145 cm³/mol. The second kappa shape index (κ2) is 14.1. The summed E-state index contributed by atoms with van der Waals surface area (Å²) in [6.07, 6.45) is -5.08. The van der Waals surface area contributed by atoms with Crippen LogP contribution in [0.2, 0.25) is 5.02 Å². The van der Waals surface area contributed by atoms with E-state index in [1.807, 2.05) is 25.8 Å². The quantitative estimate of drug-likeness (QED) is 0.231. The molecule has 0 aliphatic carbocycles. The Hall–Kier alpha value is -3.21. The van der Waals surface area contributed by atoms with Gasteiger partial charge in [0, 0.05) is 35.6 Å². The summed E-state index contributed by atoms with van der Waals surface area (Å²) in [5.41, 5.74) is 2.55. The van der Waals surface area contributed by atoms with Crippen molar-refractivity contribution in [2.24, 2.45) is 0 Å². The number of halogens is 6. The van der Waals surface area contributed by atoms with Crippen LogP contribution in [-0.4, -0.2) is 55.8 Å². The van der Waals surface area contributed by atoms with Crippen LogP contribution < -0.4 is 14.8 Å². The summed E-state index contributed by atoms with van der Waals surface area (Å²) >= 11 is 7.45. The van der Waals surface area contributed by atoms with Crippen molar-refractivity contribution in [2.75, 3.05) is 24.2 Å². The average molecular weight is 645 g/mol. The zero-order chi connectivity index (χ0) is 31.1. The number of carboxylic acids is 1. The number of ether oxygens (including phenoxy) is 1. The molecule has 0 amide bonds. The van der Waals surface area contributed by atoms with Gasteiger partial charge in [0.1, 0.15) is 22.3 Å². The monoisotopic (exact) mass is 644 g/mol. The number of sulfonamides is 1. The number of carboxylic acid groups (broad SMARTS) is 1. The molecule has 0 aliphatic rings.